The molecule has 0 aliphatic heterocycles. The predicted octanol–water partition coefficient (Wildman–Crippen LogP) is 1.72. The highest BCUT2D eigenvalue weighted by Crippen LogP contribution is 2.34. The summed E-state index contributed by atoms with van der Waals surface area (Å²) in [5.41, 5.74) is -0.252. The Morgan fingerprint density at radius 3 is 2.64 bits per heavy atom. The molecule has 3 aromatic rings. The van der Waals surface area contributed by atoms with Crippen molar-refractivity contribution in [3.63, 3.8) is 0 Å². The zero-order valence-corrected chi connectivity index (χ0v) is 13.4. The molecule has 22 heavy (non-hydrogen) atoms. The molecule has 0 spiro atoms. The van der Waals surface area contributed by atoms with E-state index in [1.54, 1.807) is 0 Å². The molecular formula is C14H10N4O2S2. The minimum Gasteiger partial charge on any atom is -0.290 e. The number of para-hydroxylation sites is 1. The van der Waals surface area contributed by atoms with Crippen molar-refractivity contribution < 1.29 is 0 Å². The van der Waals surface area contributed by atoms with Crippen LogP contribution in [-0.2, 0) is 14.1 Å². The normalized spacial score (nSPS) is 10.8. The van der Waals surface area contributed by atoms with E-state index in [9.17, 15) is 14.9 Å². The average Bonchev–Trinajstić information content (AvgIpc) is 2.93. The van der Waals surface area contributed by atoms with Gasteiger partial charge in [0.05, 0.1) is 10.2 Å². The molecule has 0 atom stereocenters. The molecule has 0 N–H and O–H groups in total. The van der Waals surface area contributed by atoms with Crippen LogP contribution in [0.15, 0.2) is 43.2 Å². The minimum absolute atomic E-state index is 0.0474. The topological polar surface area (TPSA) is 80.7 Å². The molecule has 3 rings (SSSR count). The molecule has 2 aromatic heterocycles. The van der Waals surface area contributed by atoms with E-state index in [-0.39, 0.29) is 5.56 Å². The van der Waals surface area contributed by atoms with Gasteiger partial charge in [0, 0.05) is 14.1 Å². The molecule has 110 valence electrons. The van der Waals surface area contributed by atoms with E-state index >= 15 is 0 Å². The SMILES string of the molecule is Cn1c(Sc2nc3ccccc3s2)c(C#N)c(=O)n(C)c1=O. The highest BCUT2D eigenvalue weighted by Gasteiger charge is 2.18. The van der Waals surface area contributed by atoms with Gasteiger partial charge in [0.15, 0.2) is 4.34 Å². The van der Waals surface area contributed by atoms with E-state index < -0.39 is 11.2 Å². The van der Waals surface area contributed by atoms with Crippen LogP contribution in [0.2, 0.25) is 0 Å². The number of hydrogen-bond acceptors (Lipinski definition) is 6. The summed E-state index contributed by atoms with van der Waals surface area (Å²) in [6.07, 6.45) is 0. The Hall–Kier alpha value is -2.37. The quantitative estimate of drug-likeness (QED) is 0.668. The first kappa shape index (κ1) is 14.6. The monoisotopic (exact) mass is 330 g/mol. The zero-order chi connectivity index (χ0) is 15.9. The smallest absolute Gasteiger partial charge is 0.290 e. The Kier molecular flexibility index (Phi) is 3.60. The fourth-order valence-corrected chi connectivity index (χ4v) is 4.15. The van der Waals surface area contributed by atoms with Crippen molar-refractivity contribution in [3.8, 4) is 6.07 Å². The van der Waals surface area contributed by atoms with Gasteiger partial charge in [-0.2, -0.15) is 5.26 Å². The van der Waals surface area contributed by atoms with Gasteiger partial charge in [0.25, 0.3) is 5.56 Å². The summed E-state index contributed by atoms with van der Waals surface area (Å²) in [5.74, 6) is 0. The number of thiazole rings is 1. The van der Waals surface area contributed by atoms with Gasteiger partial charge >= 0.3 is 5.69 Å². The van der Waals surface area contributed by atoms with E-state index in [0.717, 1.165) is 26.5 Å². The first-order valence-electron chi connectivity index (χ1n) is 6.26. The van der Waals surface area contributed by atoms with Gasteiger partial charge in [0.2, 0.25) is 0 Å². The fraction of sp³-hybridized carbons (Fsp3) is 0.143. The summed E-state index contributed by atoms with van der Waals surface area (Å²) in [6.45, 7) is 0. The van der Waals surface area contributed by atoms with E-state index in [1.165, 1.54) is 30.0 Å². The molecular weight excluding hydrogens is 320 g/mol. The summed E-state index contributed by atoms with van der Waals surface area (Å²) < 4.78 is 3.93. The van der Waals surface area contributed by atoms with Gasteiger partial charge in [0.1, 0.15) is 16.7 Å². The van der Waals surface area contributed by atoms with Crippen molar-refractivity contribution in [2.45, 2.75) is 9.37 Å². The first-order valence-corrected chi connectivity index (χ1v) is 7.89. The molecule has 0 radical (unpaired) electrons. The lowest BCUT2D eigenvalue weighted by Crippen LogP contribution is -2.39. The molecule has 6 nitrogen and oxygen atoms in total. The highest BCUT2D eigenvalue weighted by molar-refractivity contribution is 8.01. The van der Waals surface area contributed by atoms with Gasteiger partial charge < -0.3 is 0 Å². The Morgan fingerprint density at radius 1 is 1.23 bits per heavy atom. The van der Waals surface area contributed by atoms with Crippen molar-refractivity contribution in [1.29, 1.82) is 5.26 Å². The van der Waals surface area contributed by atoms with Crippen LogP contribution >= 0.6 is 23.1 Å². The number of nitriles is 1. The zero-order valence-electron chi connectivity index (χ0n) is 11.7. The van der Waals surface area contributed by atoms with Crippen LogP contribution in [0.1, 0.15) is 5.56 Å². The molecule has 8 heteroatoms. The summed E-state index contributed by atoms with van der Waals surface area (Å²) in [6, 6.07) is 9.55. The molecule has 0 fully saturated rings. The summed E-state index contributed by atoms with van der Waals surface area (Å²) in [5, 5.41) is 9.56. The predicted molar refractivity (Wildman–Crippen MR) is 85.4 cm³/mol. The lowest BCUT2D eigenvalue weighted by Gasteiger charge is -2.09. The Bertz CT molecular complexity index is 1010. The minimum atomic E-state index is -0.589. The molecule has 0 unspecified atom stereocenters. The van der Waals surface area contributed by atoms with Gasteiger partial charge in [-0.15, -0.1) is 11.3 Å². The van der Waals surface area contributed by atoms with Crippen LogP contribution in [0, 0.1) is 11.3 Å². The molecule has 0 aliphatic rings. The summed E-state index contributed by atoms with van der Waals surface area (Å²) in [4.78, 5) is 28.5. The molecule has 0 saturated heterocycles. The molecule has 0 saturated carbocycles. The van der Waals surface area contributed by atoms with Crippen LogP contribution in [-0.4, -0.2) is 14.1 Å². The van der Waals surface area contributed by atoms with E-state index in [2.05, 4.69) is 4.98 Å². The third-order valence-electron chi connectivity index (χ3n) is 3.18. The maximum Gasteiger partial charge on any atom is 0.331 e. The van der Waals surface area contributed by atoms with Crippen LogP contribution in [0.5, 0.6) is 0 Å². The van der Waals surface area contributed by atoms with E-state index in [0.29, 0.717) is 9.37 Å². The maximum absolute atomic E-state index is 12.1. The van der Waals surface area contributed by atoms with Crippen LogP contribution in [0.25, 0.3) is 10.2 Å². The second kappa shape index (κ2) is 5.44. The van der Waals surface area contributed by atoms with Crippen LogP contribution in [0.3, 0.4) is 0 Å². The molecule has 2 heterocycles. The number of hydrogen-bond donors (Lipinski definition) is 0. The van der Waals surface area contributed by atoms with Gasteiger partial charge in [-0.25, -0.2) is 9.78 Å². The summed E-state index contributed by atoms with van der Waals surface area (Å²) in [7, 11) is 2.90. The number of nitrogens with zero attached hydrogens (tertiary/aromatic N) is 4. The summed E-state index contributed by atoms with van der Waals surface area (Å²) >= 11 is 2.62. The number of benzene rings is 1. The van der Waals surface area contributed by atoms with Crippen molar-refractivity contribution in [2.24, 2.45) is 14.1 Å². The molecule has 0 amide bonds. The second-order valence-corrected chi connectivity index (χ2v) is 6.81. The van der Waals surface area contributed by atoms with Gasteiger partial charge in [-0.1, -0.05) is 12.1 Å². The second-order valence-electron chi connectivity index (χ2n) is 4.55. The van der Waals surface area contributed by atoms with Crippen molar-refractivity contribution in [3.05, 3.63) is 50.7 Å². The van der Waals surface area contributed by atoms with Crippen molar-refractivity contribution >= 4 is 33.3 Å². The van der Waals surface area contributed by atoms with E-state index in [4.69, 9.17) is 0 Å². The highest BCUT2D eigenvalue weighted by atomic mass is 32.2. The number of aromatic nitrogens is 3. The van der Waals surface area contributed by atoms with Crippen LogP contribution in [0.4, 0.5) is 0 Å². The van der Waals surface area contributed by atoms with Crippen molar-refractivity contribution in [1.82, 2.24) is 14.1 Å². The van der Waals surface area contributed by atoms with Crippen LogP contribution < -0.4 is 11.2 Å². The lowest BCUT2D eigenvalue weighted by atomic mass is 10.3. The Labute approximate surface area is 133 Å². The Balaban J connectivity index is 2.19. The fourth-order valence-electron chi connectivity index (χ4n) is 2.02. The molecule has 0 bridgehead atoms. The number of rotatable bonds is 2. The third-order valence-corrected chi connectivity index (χ3v) is 5.45. The van der Waals surface area contributed by atoms with Gasteiger partial charge in [-0.05, 0) is 23.9 Å². The van der Waals surface area contributed by atoms with Gasteiger partial charge in [-0.3, -0.25) is 13.9 Å². The van der Waals surface area contributed by atoms with Crippen molar-refractivity contribution in [2.75, 3.05) is 0 Å². The van der Waals surface area contributed by atoms with E-state index in [1.807, 2.05) is 30.3 Å². The Morgan fingerprint density at radius 2 is 1.95 bits per heavy atom. The number of fused-ring (bicyclic) bond motifs is 1. The standard InChI is InChI=1S/C14H10N4O2S2/c1-17-11(19)8(7-15)12(18(2)14(17)20)22-13-16-9-5-3-4-6-10(9)21-13/h3-6H,1-2H3. The largest absolute Gasteiger partial charge is 0.331 e. The lowest BCUT2D eigenvalue weighted by molar-refractivity contribution is 0.631. The maximum atomic E-state index is 12.1. The molecule has 0 aliphatic carbocycles. The third kappa shape index (κ3) is 2.24. The first-order chi connectivity index (χ1) is 10.5. The average molecular weight is 330 g/mol. The molecule has 1 aromatic carbocycles.